The maximum atomic E-state index is 12.1. The number of rotatable bonds is 6. The molecule has 2 amide bonds. The molecule has 25 heavy (non-hydrogen) atoms. The predicted octanol–water partition coefficient (Wildman–Crippen LogP) is 4.05. The smallest absolute Gasteiger partial charge is 0.269 e. The molecule has 0 spiro atoms. The van der Waals surface area contributed by atoms with Crippen molar-refractivity contribution in [1.29, 1.82) is 0 Å². The molecule has 0 aliphatic rings. The largest absolute Gasteiger partial charge is 0.325 e. The lowest BCUT2D eigenvalue weighted by atomic mass is 10.2. The summed E-state index contributed by atoms with van der Waals surface area (Å²) in [7, 11) is 0. The first-order valence-corrected chi connectivity index (χ1v) is 8.87. The molecular formula is C16H14BrN3O4S. The van der Waals surface area contributed by atoms with Crippen LogP contribution in [-0.2, 0) is 9.59 Å². The van der Waals surface area contributed by atoms with Gasteiger partial charge < -0.3 is 10.6 Å². The van der Waals surface area contributed by atoms with Gasteiger partial charge in [-0.25, -0.2) is 0 Å². The van der Waals surface area contributed by atoms with E-state index in [-0.39, 0.29) is 23.3 Å². The summed E-state index contributed by atoms with van der Waals surface area (Å²) in [6.07, 6.45) is 0. The molecule has 0 unspecified atom stereocenters. The minimum atomic E-state index is -0.474. The fraction of sp³-hybridized carbons (Fsp3) is 0.125. The van der Waals surface area contributed by atoms with Gasteiger partial charge in [-0.15, -0.1) is 11.8 Å². The molecule has 130 valence electrons. The highest BCUT2D eigenvalue weighted by atomic mass is 79.9. The number of amides is 2. The zero-order chi connectivity index (χ0) is 18.4. The van der Waals surface area contributed by atoms with Crippen LogP contribution < -0.4 is 10.6 Å². The van der Waals surface area contributed by atoms with Gasteiger partial charge in [0.05, 0.1) is 22.1 Å². The number of non-ortho nitro benzene ring substituents is 1. The Labute approximate surface area is 156 Å². The van der Waals surface area contributed by atoms with Crippen molar-refractivity contribution in [1.82, 2.24) is 0 Å². The summed E-state index contributed by atoms with van der Waals surface area (Å²) in [5.74, 6) is -0.366. The highest BCUT2D eigenvalue weighted by Crippen LogP contribution is 2.27. The van der Waals surface area contributed by atoms with Crippen LogP contribution in [0.15, 0.2) is 51.8 Å². The van der Waals surface area contributed by atoms with Crippen molar-refractivity contribution in [2.45, 2.75) is 11.8 Å². The van der Waals surface area contributed by atoms with Gasteiger partial charge in [-0.2, -0.15) is 0 Å². The van der Waals surface area contributed by atoms with E-state index in [0.717, 1.165) is 9.37 Å². The number of nitrogens with one attached hydrogen (secondary N) is 2. The number of anilines is 2. The molecule has 0 atom stereocenters. The molecule has 0 saturated heterocycles. The quantitative estimate of drug-likeness (QED) is 0.414. The molecular weight excluding hydrogens is 410 g/mol. The Hall–Kier alpha value is -2.39. The molecule has 0 aliphatic carbocycles. The third-order valence-electron chi connectivity index (χ3n) is 2.98. The van der Waals surface area contributed by atoms with Gasteiger partial charge in [-0.1, -0.05) is 15.9 Å². The maximum absolute atomic E-state index is 12.1. The second kappa shape index (κ2) is 8.63. The third kappa shape index (κ3) is 5.87. The number of carbonyl (C=O) groups excluding carboxylic acids is 2. The predicted molar refractivity (Wildman–Crippen MR) is 101 cm³/mol. The van der Waals surface area contributed by atoms with E-state index in [0.29, 0.717) is 11.4 Å². The first-order chi connectivity index (χ1) is 11.8. The van der Waals surface area contributed by atoms with Crippen LogP contribution in [0.3, 0.4) is 0 Å². The van der Waals surface area contributed by atoms with Gasteiger partial charge in [-0.05, 0) is 30.3 Å². The van der Waals surface area contributed by atoms with Gasteiger partial charge in [0.1, 0.15) is 0 Å². The van der Waals surface area contributed by atoms with Gasteiger partial charge in [0, 0.05) is 28.4 Å². The van der Waals surface area contributed by atoms with E-state index in [9.17, 15) is 19.7 Å². The van der Waals surface area contributed by atoms with Gasteiger partial charge in [0.15, 0.2) is 0 Å². The van der Waals surface area contributed by atoms with E-state index in [1.165, 1.54) is 30.8 Å². The summed E-state index contributed by atoms with van der Waals surface area (Å²) in [6.45, 7) is 1.39. The van der Waals surface area contributed by atoms with Gasteiger partial charge in [0.25, 0.3) is 5.69 Å². The Bertz CT molecular complexity index is 812. The zero-order valence-electron chi connectivity index (χ0n) is 13.1. The van der Waals surface area contributed by atoms with Crippen molar-refractivity contribution in [2.24, 2.45) is 0 Å². The summed E-state index contributed by atoms with van der Waals surface area (Å²) >= 11 is 4.58. The highest BCUT2D eigenvalue weighted by Gasteiger charge is 2.10. The lowest BCUT2D eigenvalue weighted by molar-refractivity contribution is -0.384. The number of nitro benzene ring substituents is 1. The second-order valence-corrected chi connectivity index (χ2v) is 6.92. The minimum Gasteiger partial charge on any atom is -0.325 e. The van der Waals surface area contributed by atoms with Crippen LogP contribution in [0, 0.1) is 10.1 Å². The molecule has 0 aromatic heterocycles. The van der Waals surface area contributed by atoms with Crippen molar-refractivity contribution >= 4 is 56.6 Å². The molecule has 9 heteroatoms. The molecule has 0 fully saturated rings. The lowest BCUT2D eigenvalue weighted by Crippen LogP contribution is -2.16. The minimum absolute atomic E-state index is 0.00267. The number of thioether (sulfide) groups is 1. The Morgan fingerprint density at radius 1 is 1.12 bits per heavy atom. The summed E-state index contributed by atoms with van der Waals surface area (Å²) in [5.41, 5.74) is 0.992. The molecule has 2 rings (SSSR count). The first-order valence-electron chi connectivity index (χ1n) is 7.09. The van der Waals surface area contributed by atoms with Gasteiger partial charge in [0.2, 0.25) is 11.8 Å². The van der Waals surface area contributed by atoms with E-state index in [2.05, 4.69) is 26.6 Å². The van der Waals surface area contributed by atoms with E-state index in [1.54, 1.807) is 30.3 Å². The van der Waals surface area contributed by atoms with Crippen LogP contribution in [0.1, 0.15) is 6.92 Å². The summed E-state index contributed by atoms with van der Waals surface area (Å²) < 4.78 is 0.764. The molecule has 0 bridgehead atoms. The Balaban J connectivity index is 1.99. The number of nitrogens with zero attached hydrogens (tertiary/aromatic N) is 1. The Morgan fingerprint density at radius 3 is 2.40 bits per heavy atom. The molecule has 7 nitrogen and oxygen atoms in total. The molecule has 2 aromatic rings. The Kier molecular flexibility index (Phi) is 6.54. The molecule has 0 saturated carbocycles. The monoisotopic (exact) mass is 423 g/mol. The van der Waals surface area contributed by atoms with Crippen LogP contribution in [0.2, 0.25) is 0 Å². The SMILES string of the molecule is CC(=O)Nc1ccc(Br)cc1NC(=O)CSc1ccc([N+](=O)[O-])cc1. The molecule has 0 radical (unpaired) electrons. The van der Waals surface area contributed by atoms with Crippen LogP contribution >= 0.6 is 27.7 Å². The van der Waals surface area contributed by atoms with Crippen molar-refractivity contribution < 1.29 is 14.5 Å². The second-order valence-electron chi connectivity index (χ2n) is 4.96. The molecule has 2 aromatic carbocycles. The van der Waals surface area contributed by atoms with Crippen molar-refractivity contribution in [2.75, 3.05) is 16.4 Å². The van der Waals surface area contributed by atoms with Crippen LogP contribution in [0.4, 0.5) is 17.1 Å². The third-order valence-corrected chi connectivity index (χ3v) is 4.49. The summed E-state index contributed by atoms with van der Waals surface area (Å²) in [4.78, 5) is 34.3. The molecule has 2 N–H and O–H groups in total. The van der Waals surface area contributed by atoms with Crippen molar-refractivity contribution in [3.63, 3.8) is 0 Å². The zero-order valence-corrected chi connectivity index (χ0v) is 15.5. The number of carbonyl (C=O) groups is 2. The van der Waals surface area contributed by atoms with E-state index in [1.807, 2.05) is 0 Å². The lowest BCUT2D eigenvalue weighted by Gasteiger charge is -2.12. The standard InChI is InChI=1S/C16H14BrN3O4S/c1-10(21)18-14-7-2-11(17)8-15(14)19-16(22)9-25-13-5-3-12(4-6-13)20(23)24/h2-8H,9H2,1H3,(H,18,21)(H,19,22). The van der Waals surface area contributed by atoms with Gasteiger partial charge in [-0.3, -0.25) is 19.7 Å². The fourth-order valence-electron chi connectivity index (χ4n) is 1.92. The number of hydrogen-bond donors (Lipinski definition) is 2. The number of halogens is 1. The maximum Gasteiger partial charge on any atom is 0.269 e. The average molecular weight is 424 g/mol. The topological polar surface area (TPSA) is 101 Å². The summed E-state index contributed by atoms with van der Waals surface area (Å²) in [6, 6.07) is 11.1. The van der Waals surface area contributed by atoms with Crippen molar-refractivity contribution in [3.05, 3.63) is 57.1 Å². The number of nitro groups is 1. The van der Waals surface area contributed by atoms with Crippen LogP contribution in [-0.4, -0.2) is 22.5 Å². The van der Waals surface area contributed by atoms with E-state index >= 15 is 0 Å². The van der Waals surface area contributed by atoms with Crippen molar-refractivity contribution in [3.8, 4) is 0 Å². The van der Waals surface area contributed by atoms with Gasteiger partial charge >= 0.3 is 0 Å². The summed E-state index contributed by atoms with van der Waals surface area (Å²) in [5, 5.41) is 16.0. The highest BCUT2D eigenvalue weighted by molar-refractivity contribution is 9.10. The first kappa shape index (κ1) is 18.9. The van der Waals surface area contributed by atoms with Crippen LogP contribution in [0.5, 0.6) is 0 Å². The number of benzene rings is 2. The Morgan fingerprint density at radius 2 is 1.80 bits per heavy atom. The molecule has 0 heterocycles. The van der Waals surface area contributed by atoms with E-state index in [4.69, 9.17) is 0 Å². The molecule has 0 aliphatic heterocycles. The van der Waals surface area contributed by atoms with E-state index < -0.39 is 4.92 Å². The normalized spacial score (nSPS) is 10.2. The average Bonchev–Trinajstić information content (AvgIpc) is 2.55. The number of hydrogen-bond acceptors (Lipinski definition) is 5. The van der Waals surface area contributed by atoms with Crippen LogP contribution in [0.25, 0.3) is 0 Å². The fourth-order valence-corrected chi connectivity index (χ4v) is 2.98.